The van der Waals surface area contributed by atoms with E-state index < -0.39 is 0 Å². The zero-order valence-corrected chi connectivity index (χ0v) is 8.67. The minimum absolute atomic E-state index is 0.00958. The Balaban J connectivity index is 2.43. The fourth-order valence-electron chi connectivity index (χ4n) is 1.35. The summed E-state index contributed by atoms with van der Waals surface area (Å²) >= 11 is 0. The third-order valence-corrected chi connectivity index (χ3v) is 2.14. The first-order chi connectivity index (χ1) is 6.83. The summed E-state index contributed by atoms with van der Waals surface area (Å²) in [5, 5.41) is 0. The molecule has 0 saturated heterocycles. The fourth-order valence-corrected chi connectivity index (χ4v) is 1.35. The number of allylic oxidation sites excluding steroid dienone is 1. The van der Waals surface area contributed by atoms with Gasteiger partial charge in [-0.1, -0.05) is 50.1 Å². The van der Waals surface area contributed by atoms with E-state index in [2.05, 4.69) is 6.92 Å². The van der Waals surface area contributed by atoms with E-state index in [4.69, 9.17) is 0 Å². The molecule has 0 radical (unpaired) electrons. The molecule has 0 aromatic heterocycles. The van der Waals surface area contributed by atoms with Crippen LogP contribution in [0.1, 0.15) is 38.2 Å². The number of unbranched alkanes of at least 4 members (excludes halogenated alkanes) is 2. The van der Waals surface area contributed by atoms with Crippen LogP contribution in [0.5, 0.6) is 0 Å². The SMILES string of the molecule is CCCCCC(F)=Cc1ccccc1. The van der Waals surface area contributed by atoms with Gasteiger partial charge in [0.1, 0.15) is 5.83 Å². The summed E-state index contributed by atoms with van der Waals surface area (Å²) in [6.45, 7) is 2.12. The van der Waals surface area contributed by atoms with E-state index in [1.165, 1.54) is 0 Å². The van der Waals surface area contributed by atoms with Crippen LogP contribution in [-0.4, -0.2) is 0 Å². The second-order valence-corrected chi connectivity index (χ2v) is 3.46. The molecule has 0 aliphatic heterocycles. The Kier molecular flexibility index (Phi) is 4.98. The maximum atomic E-state index is 13.3. The average molecular weight is 192 g/mol. The van der Waals surface area contributed by atoms with Gasteiger partial charge in [0, 0.05) is 0 Å². The van der Waals surface area contributed by atoms with Crippen molar-refractivity contribution in [1.29, 1.82) is 0 Å². The van der Waals surface area contributed by atoms with Gasteiger partial charge in [-0.15, -0.1) is 0 Å². The maximum absolute atomic E-state index is 13.3. The van der Waals surface area contributed by atoms with Crippen molar-refractivity contribution < 1.29 is 4.39 Å². The molecule has 0 saturated carbocycles. The van der Waals surface area contributed by atoms with Crippen LogP contribution in [0, 0.1) is 0 Å². The minimum Gasteiger partial charge on any atom is -0.212 e. The van der Waals surface area contributed by atoms with Gasteiger partial charge in [0.15, 0.2) is 0 Å². The molecule has 76 valence electrons. The lowest BCUT2D eigenvalue weighted by Gasteiger charge is -1.97. The van der Waals surface area contributed by atoms with E-state index in [9.17, 15) is 4.39 Å². The van der Waals surface area contributed by atoms with Crippen molar-refractivity contribution in [3.8, 4) is 0 Å². The molecule has 0 aliphatic carbocycles. The highest BCUT2D eigenvalue weighted by Gasteiger charge is 1.95. The molecule has 1 heteroatoms. The lowest BCUT2D eigenvalue weighted by molar-refractivity contribution is 0.567. The van der Waals surface area contributed by atoms with Crippen molar-refractivity contribution in [3.05, 3.63) is 41.7 Å². The molecule has 0 unspecified atom stereocenters. The number of rotatable bonds is 5. The molecular formula is C13H17F. The molecule has 0 heterocycles. The molecular weight excluding hydrogens is 175 g/mol. The summed E-state index contributed by atoms with van der Waals surface area (Å²) in [5.41, 5.74) is 0.946. The highest BCUT2D eigenvalue weighted by atomic mass is 19.1. The Morgan fingerprint density at radius 2 is 1.93 bits per heavy atom. The van der Waals surface area contributed by atoms with Gasteiger partial charge >= 0.3 is 0 Å². The zero-order valence-electron chi connectivity index (χ0n) is 8.67. The average Bonchev–Trinajstić information content (AvgIpc) is 2.20. The number of hydrogen-bond acceptors (Lipinski definition) is 0. The second kappa shape index (κ2) is 6.36. The highest BCUT2D eigenvalue weighted by Crippen LogP contribution is 2.14. The standard InChI is InChI=1S/C13H17F/c1-2-3-5-10-13(14)11-12-8-6-4-7-9-12/h4,6-9,11H,2-3,5,10H2,1H3. The molecule has 14 heavy (non-hydrogen) atoms. The molecule has 0 bridgehead atoms. The molecule has 0 atom stereocenters. The highest BCUT2D eigenvalue weighted by molar-refractivity contribution is 5.50. The molecule has 1 rings (SSSR count). The Bertz CT molecular complexity index is 275. The van der Waals surface area contributed by atoms with E-state index in [-0.39, 0.29) is 5.83 Å². The van der Waals surface area contributed by atoms with E-state index in [1.807, 2.05) is 30.3 Å². The largest absolute Gasteiger partial charge is 0.212 e. The predicted molar refractivity (Wildman–Crippen MR) is 59.7 cm³/mol. The second-order valence-electron chi connectivity index (χ2n) is 3.46. The van der Waals surface area contributed by atoms with Crippen molar-refractivity contribution in [2.75, 3.05) is 0 Å². The summed E-state index contributed by atoms with van der Waals surface area (Å²) in [4.78, 5) is 0. The smallest absolute Gasteiger partial charge is 0.101 e. The first-order valence-electron chi connectivity index (χ1n) is 5.24. The monoisotopic (exact) mass is 192 g/mol. The van der Waals surface area contributed by atoms with E-state index in [0.717, 1.165) is 24.8 Å². The van der Waals surface area contributed by atoms with Crippen molar-refractivity contribution in [2.24, 2.45) is 0 Å². The summed E-state index contributed by atoms with van der Waals surface area (Å²) in [6, 6.07) is 9.61. The summed E-state index contributed by atoms with van der Waals surface area (Å²) in [7, 11) is 0. The van der Waals surface area contributed by atoms with Crippen LogP contribution in [0.3, 0.4) is 0 Å². The van der Waals surface area contributed by atoms with Crippen LogP contribution >= 0.6 is 0 Å². The van der Waals surface area contributed by atoms with Gasteiger partial charge in [-0.2, -0.15) is 0 Å². The molecule has 0 N–H and O–H groups in total. The van der Waals surface area contributed by atoms with E-state index in [1.54, 1.807) is 6.08 Å². The van der Waals surface area contributed by atoms with Crippen LogP contribution in [0.15, 0.2) is 36.2 Å². The summed E-state index contributed by atoms with van der Waals surface area (Å²) in [6.07, 6.45) is 5.39. The van der Waals surface area contributed by atoms with Crippen LogP contribution < -0.4 is 0 Å². The molecule has 0 amide bonds. The van der Waals surface area contributed by atoms with Gasteiger partial charge in [-0.05, 0) is 24.5 Å². The number of halogens is 1. The molecule has 0 aliphatic rings. The maximum Gasteiger partial charge on any atom is 0.101 e. The van der Waals surface area contributed by atoms with Gasteiger partial charge in [0.05, 0.1) is 0 Å². The third kappa shape index (κ3) is 4.22. The van der Waals surface area contributed by atoms with Crippen molar-refractivity contribution in [1.82, 2.24) is 0 Å². The van der Waals surface area contributed by atoms with Gasteiger partial charge in [-0.3, -0.25) is 0 Å². The molecule has 1 aromatic carbocycles. The van der Waals surface area contributed by atoms with Gasteiger partial charge in [0.25, 0.3) is 0 Å². The number of benzene rings is 1. The van der Waals surface area contributed by atoms with E-state index >= 15 is 0 Å². The van der Waals surface area contributed by atoms with Crippen LogP contribution in [0.25, 0.3) is 6.08 Å². The molecule has 0 nitrogen and oxygen atoms in total. The Labute approximate surface area is 85.5 Å². The predicted octanol–water partition coefficient (Wildman–Crippen LogP) is 4.58. The van der Waals surface area contributed by atoms with E-state index in [0.29, 0.717) is 6.42 Å². The van der Waals surface area contributed by atoms with Crippen LogP contribution in [0.2, 0.25) is 0 Å². The first-order valence-corrected chi connectivity index (χ1v) is 5.24. The quantitative estimate of drug-likeness (QED) is 0.599. The normalized spacial score (nSPS) is 11.7. The topological polar surface area (TPSA) is 0 Å². The lowest BCUT2D eigenvalue weighted by atomic mass is 10.1. The Morgan fingerprint density at radius 1 is 1.21 bits per heavy atom. The Hall–Kier alpha value is -1.11. The zero-order chi connectivity index (χ0) is 10.2. The van der Waals surface area contributed by atoms with Crippen LogP contribution in [0.4, 0.5) is 4.39 Å². The van der Waals surface area contributed by atoms with Crippen LogP contribution in [-0.2, 0) is 0 Å². The lowest BCUT2D eigenvalue weighted by Crippen LogP contribution is -1.78. The van der Waals surface area contributed by atoms with Gasteiger partial charge < -0.3 is 0 Å². The van der Waals surface area contributed by atoms with Crippen molar-refractivity contribution >= 4 is 6.08 Å². The first kappa shape index (κ1) is 11.0. The van der Waals surface area contributed by atoms with Gasteiger partial charge in [-0.25, -0.2) is 4.39 Å². The molecule has 0 fully saturated rings. The minimum atomic E-state index is -0.00958. The van der Waals surface area contributed by atoms with Crippen molar-refractivity contribution in [3.63, 3.8) is 0 Å². The Morgan fingerprint density at radius 3 is 2.57 bits per heavy atom. The fraction of sp³-hybridized carbons (Fsp3) is 0.385. The summed E-state index contributed by atoms with van der Waals surface area (Å²) < 4.78 is 13.3. The number of hydrogen-bond donors (Lipinski definition) is 0. The molecule has 1 aromatic rings. The van der Waals surface area contributed by atoms with Gasteiger partial charge in [0.2, 0.25) is 0 Å². The third-order valence-electron chi connectivity index (χ3n) is 2.14. The molecule has 0 spiro atoms. The van der Waals surface area contributed by atoms with Crippen molar-refractivity contribution in [2.45, 2.75) is 32.6 Å². The summed E-state index contributed by atoms with van der Waals surface area (Å²) in [5.74, 6) is -0.00958.